The summed E-state index contributed by atoms with van der Waals surface area (Å²) in [5.74, 6) is 0.587. The van der Waals surface area contributed by atoms with Gasteiger partial charge in [-0.25, -0.2) is 4.52 Å². The van der Waals surface area contributed by atoms with E-state index < -0.39 is 10.0 Å². The number of aryl methyl sites for hydroxylation is 1. The minimum Gasteiger partial charge on any atom is -0.493 e. The number of ether oxygens (including phenoxy) is 1. The van der Waals surface area contributed by atoms with Crippen LogP contribution in [0.3, 0.4) is 0 Å². The fourth-order valence-corrected chi connectivity index (χ4v) is 3.34. The number of hydrogen-bond acceptors (Lipinski definition) is 6. The molecule has 0 aliphatic carbocycles. The molecule has 0 saturated heterocycles. The maximum atomic E-state index is 12.4. The molecule has 0 aromatic carbocycles. The van der Waals surface area contributed by atoms with Gasteiger partial charge in [0.15, 0.2) is 17.2 Å². The van der Waals surface area contributed by atoms with Gasteiger partial charge in [0.05, 0.1) is 11.6 Å². The van der Waals surface area contributed by atoms with Crippen LogP contribution >= 0.6 is 15.9 Å². The van der Waals surface area contributed by atoms with Crippen LogP contribution < -0.4 is 9.46 Å². The van der Waals surface area contributed by atoms with Gasteiger partial charge in [-0.15, -0.1) is 5.10 Å². The highest BCUT2D eigenvalue weighted by atomic mass is 79.9. The molecule has 3 heterocycles. The van der Waals surface area contributed by atoms with E-state index in [1.807, 2.05) is 0 Å². The number of halogens is 1. The van der Waals surface area contributed by atoms with Gasteiger partial charge >= 0.3 is 10.0 Å². The van der Waals surface area contributed by atoms with Gasteiger partial charge in [-0.3, -0.25) is 9.40 Å². The first-order valence-electron chi connectivity index (χ1n) is 6.02. The van der Waals surface area contributed by atoms with E-state index in [2.05, 4.69) is 35.8 Å². The highest BCUT2D eigenvalue weighted by molar-refractivity contribution is 9.10. The summed E-state index contributed by atoms with van der Waals surface area (Å²) in [6, 6.07) is 3.35. The van der Waals surface area contributed by atoms with Gasteiger partial charge in [0, 0.05) is 19.4 Å². The smallest absolute Gasteiger partial charge is 0.300 e. The van der Waals surface area contributed by atoms with Crippen molar-refractivity contribution in [1.29, 1.82) is 0 Å². The Hall–Kier alpha value is -2.14. The number of rotatable bonds is 4. The molecular formula is C11H11BrN6O3S. The Balaban J connectivity index is 2.04. The molecule has 0 aliphatic rings. The zero-order valence-electron chi connectivity index (χ0n) is 11.6. The van der Waals surface area contributed by atoms with E-state index in [0.717, 1.165) is 0 Å². The van der Waals surface area contributed by atoms with Crippen LogP contribution in [-0.4, -0.2) is 39.9 Å². The molecule has 3 aromatic heterocycles. The van der Waals surface area contributed by atoms with Crippen LogP contribution in [0.4, 0.5) is 5.82 Å². The van der Waals surface area contributed by atoms with E-state index in [-0.39, 0.29) is 11.0 Å². The number of hydrogen-bond donors (Lipinski definition) is 1. The van der Waals surface area contributed by atoms with Crippen LogP contribution in [0.15, 0.2) is 34.2 Å². The van der Waals surface area contributed by atoms with Crippen molar-refractivity contribution in [2.24, 2.45) is 7.05 Å². The van der Waals surface area contributed by atoms with Crippen LogP contribution in [0.5, 0.6) is 5.75 Å². The predicted molar refractivity (Wildman–Crippen MR) is 81.3 cm³/mol. The van der Waals surface area contributed by atoms with E-state index >= 15 is 0 Å². The van der Waals surface area contributed by atoms with Crippen molar-refractivity contribution in [2.75, 3.05) is 11.8 Å². The van der Waals surface area contributed by atoms with Gasteiger partial charge in [0.2, 0.25) is 0 Å². The van der Waals surface area contributed by atoms with E-state index in [1.165, 1.54) is 16.3 Å². The summed E-state index contributed by atoms with van der Waals surface area (Å²) in [5.41, 5.74) is 0.311. The lowest BCUT2D eigenvalue weighted by Crippen LogP contribution is -2.15. The maximum absolute atomic E-state index is 12.4. The molecule has 3 rings (SSSR count). The molecule has 22 heavy (non-hydrogen) atoms. The number of pyridine rings is 1. The average Bonchev–Trinajstić information content (AvgIpc) is 3.02. The Morgan fingerprint density at radius 1 is 1.36 bits per heavy atom. The number of nitrogens with zero attached hydrogens (tertiary/aromatic N) is 5. The van der Waals surface area contributed by atoms with Crippen LogP contribution in [0.1, 0.15) is 0 Å². The molecule has 116 valence electrons. The molecule has 11 heteroatoms. The minimum atomic E-state index is -3.96. The molecule has 0 saturated carbocycles. The summed E-state index contributed by atoms with van der Waals surface area (Å²) >= 11 is 3.22. The lowest BCUT2D eigenvalue weighted by Gasteiger charge is -2.01. The number of fused-ring (bicyclic) bond motifs is 1. The Morgan fingerprint density at radius 3 is 2.77 bits per heavy atom. The number of sulfonamides is 1. The average molecular weight is 387 g/mol. The molecule has 0 fully saturated rings. The molecule has 1 N–H and O–H groups in total. The first-order chi connectivity index (χ1) is 10.4. The summed E-state index contributed by atoms with van der Waals surface area (Å²) in [5, 5.41) is 7.59. The van der Waals surface area contributed by atoms with Crippen molar-refractivity contribution in [1.82, 2.24) is 24.4 Å². The van der Waals surface area contributed by atoms with E-state index in [1.54, 1.807) is 31.6 Å². The van der Waals surface area contributed by atoms with Crippen molar-refractivity contribution < 1.29 is 13.2 Å². The molecule has 0 bridgehead atoms. The topological polar surface area (TPSA) is 103 Å². The van der Waals surface area contributed by atoms with Crippen LogP contribution in [0.2, 0.25) is 0 Å². The summed E-state index contributed by atoms with van der Waals surface area (Å²) < 4.78 is 35.5. The molecular weight excluding hydrogens is 376 g/mol. The van der Waals surface area contributed by atoms with E-state index in [0.29, 0.717) is 15.9 Å². The quantitative estimate of drug-likeness (QED) is 0.718. The lowest BCUT2D eigenvalue weighted by atomic mass is 10.4. The zero-order valence-corrected chi connectivity index (χ0v) is 14.0. The number of aromatic nitrogens is 5. The van der Waals surface area contributed by atoms with Crippen molar-refractivity contribution in [3.8, 4) is 5.75 Å². The molecule has 9 nitrogen and oxygen atoms in total. The highest BCUT2D eigenvalue weighted by Gasteiger charge is 2.24. The first-order valence-corrected chi connectivity index (χ1v) is 8.29. The number of methoxy groups -OCH3 is 1. The van der Waals surface area contributed by atoms with Gasteiger partial charge in [-0.05, 0) is 28.1 Å². The van der Waals surface area contributed by atoms with Crippen LogP contribution in [0.25, 0.3) is 5.65 Å². The van der Waals surface area contributed by atoms with Gasteiger partial charge in [-0.1, -0.05) is 0 Å². The SMILES string of the molecule is COc1cccn2nc(S(=O)(=O)Nc3nn(C)cc3Br)nc12. The van der Waals surface area contributed by atoms with Crippen LogP contribution in [0, 0.1) is 0 Å². The summed E-state index contributed by atoms with van der Waals surface area (Å²) in [6.45, 7) is 0. The van der Waals surface area contributed by atoms with Crippen molar-refractivity contribution >= 4 is 37.4 Å². The molecule has 0 radical (unpaired) electrons. The van der Waals surface area contributed by atoms with Crippen molar-refractivity contribution in [3.05, 3.63) is 29.0 Å². The fourth-order valence-electron chi connectivity index (χ4n) is 1.84. The molecule has 0 amide bonds. The lowest BCUT2D eigenvalue weighted by molar-refractivity contribution is 0.416. The Kier molecular flexibility index (Phi) is 3.53. The minimum absolute atomic E-state index is 0.160. The van der Waals surface area contributed by atoms with E-state index in [4.69, 9.17) is 4.74 Å². The summed E-state index contributed by atoms with van der Waals surface area (Å²) in [7, 11) is -0.813. The normalized spacial score (nSPS) is 11.8. The Labute approximate surface area is 134 Å². The maximum Gasteiger partial charge on any atom is 0.300 e. The third-order valence-electron chi connectivity index (χ3n) is 2.78. The third-order valence-corrected chi connectivity index (χ3v) is 4.48. The van der Waals surface area contributed by atoms with Gasteiger partial charge in [0.1, 0.15) is 0 Å². The standard InChI is InChI=1S/C11H11BrN6O3S/c1-17-6-7(12)9(14-17)16-22(19,20)11-13-10-8(21-2)4-3-5-18(10)15-11/h3-6H,1-2H3,(H,14,16). The zero-order chi connectivity index (χ0) is 15.9. The molecule has 0 aliphatic heterocycles. The van der Waals surface area contributed by atoms with E-state index in [9.17, 15) is 8.42 Å². The molecule has 0 spiro atoms. The second kappa shape index (κ2) is 5.25. The number of anilines is 1. The molecule has 0 unspecified atom stereocenters. The second-order valence-electron chi connectivity index (χ2n) is 4.34. The summed E-state index contributed by atoms with van der Waals surface area (Å²) in [4.78, 5) is 4.01. The van der Waals surface area contributed by atoms with Crippen LogP contribution in [-0.2, 0) is 17.1 Å². The Bertz CT molecular complexity index is 948. The molecule has 3 aromatic rings. The second-order valence-corrected chi connectivity index (χ2v) is 6.77. The Morgan fingerprint density at radius 2 is 2.14 bits per heavy atom. The molecule has 0 atom stereocenters. The largest absolute Gasteiger partial charge is 0.493 e. The van der Waals surface area contributed by atoms with Gasteiger partial charge in [0.25, 0.3) is 5.16 Å². The van der Waals surface area contributed by atoms with Gasteiger partial charge < -0.3 is 4.74 Å². The van der Waals surface area contributed by atoms with Crippen molar-refractivity contribution in [3.63, 3.8) is 0 Å². The highest BCUT2D eigenvalue weighted by Crippen LogP contribution is 2.23. The third kappa shape index (κ3) is 2.52. The fraction of sp³-hybridized carbons (Fsp3) is 0.182. The number of nitrogens with one attached hydrogen (secondary N) is 1. The monoisotopic (exact) mass is 386 g/mol. The first kappa shape index (κ1) is 14.8. The van der Waals surface area contributed by atoms with Gasteiger partial charge in [-0.2, -0.15) is 18.5 Å². The van der Waals surface area contributed by atoms with Crippen molar-refractivity contribution in [2.45, 2.75) is 5.16 Å². The summed E-state index contributed by atoms with van der Waals surface area (Å²) in [6.07, 6.45) is 3.21. The predicted octanol–water partition coefficient (Wildman–Crippen LogP) is 1.03.